The number of methoxy groups -OCH3 is 1. The third-order valence-corrected chi connectivity index (χ3v) is 6.23. The maximum atomic E-state index is 5.23. The van der Waals surface area contributed by atoms with E-state index in [1.54, 1.807) is 29.8 Å². The lowest BCUT2D eigenvalue weighted by atomic mass is 10.0. The van der Waals surface area contributed by atoms with Gasteiger partial charge in [-0.05, 0) is 42.8 Å². The summed E-state index contributed by atoms with van der Waals surface area (Å²) in [6.07, 6.45) is 0. The maximum Gasteiger partial charge on any atom is 0.201 e. The molecule has 2 heterocycles. The van der Waals surface area contributed by atoms with E-state index < -0.39 is 0 Å². The minimum Gasteiger partial charge on any atom is -0.486 e. The molecule has 3 rings (SSSR count). The van der Waals surface area contributed by atoms with E-state index in [0.717, 1.165) is 27.0 Å². The summed E-state index contributed by atoms with van der Waals surface area (Å²) in [6.45, 7) is 6.48. The molecule has 7 heteroatoms. The van der Waals surface area contributed by atoms with Crippen molar-refractivity contribution in [2.24, 2.45) is 0 Å². The van der Waals surface area contributed by atoms with Crippen LogP contribution in [0.15, 0.2) is 35.7 Å². The number of thiocarbonyl (C=S) groups is 1. The first kappa shape index (κ1) is 21.0. The molecule has 0 aliphatic heterocycles. The fourth-order valence-electron chi connectivity index (χ4n) is 2.62. The first-order valence-electron chi connectivity index (χ1n) is 8.00. The molecule has 138 valence electrons. The summed E-state index contributed by atoms with van der Waals surface area (Å²) >= 11 is 8.48. The molecule has 0 aliphatic rings. The minimum absolute atomic E-state index is 0. The lowest BCUT2D eigenvalue weighted by Gasteiger charge is -2.12. The molecule has 0 unspecified atom stereocenters. The number of nitrogens with zero attached hydrogens (tertiary/aromatic N) is 1. The van der Waals surface area contributed by atoms with Crippen LogP contribution in [0.2, 0.25) is 0 Å². The molecule has 1 N–H and O–H groups in total. The smallest absolute Gasteiger partial charge is 0.201 e. The second kappa shape index (κ2) is 9.08. The highest BCUT2D eigenvalue weighted by molar-refractivity contribution is 8.93. The summed E-state index contributed by atoms with van der Waals surface area (Å²) in [6, 6.07) is 10.4. The van der Waals surface area contributed by atoms with Gasteiger partial charge in [-0.2, -0.15) is 0 Å². The van der Waals surface area contributed by atoms with E-state index in [9.17, 15) is 0 Å². The Hall–Kier alpha value is -1.28. The number of hydrogen-bond acceptors (Lipinski definition) is 6. The molecule has 0 saturated carbocycles. The van der Waals surface area contributed by atoms with Gasteiger partial charge in [0.2, 0.25) is 5.05 Å². The molecule has 0 bridgehead atoms. The van der Waals surface area contributed by atoms with E-state index in [0.29, 0.717) is 11.0 Å². The van der Waals surface area contributed by atoms with E-state index in [1.807, 2.05) is 6.07 Å². The molecule has 2 aromatic heterocycles. The lowest BCUT2D eigenvalue weighted by Crippen LogP contribution is -1.97. The van der Waals surface area contributed by atoms with Crippen LogP contribution in [0.1, 0.15) is 35.1 Å². The van der Waals surface area contributed by atoms with Gasteiger partial charge < -0.3 is 10.1 Å². The number of nitrogens with one attached hydrogen (secondary N) is 1. The molecular weight excluding hydrogens is 448 g/mol. The van der Waals surface area contributed by atoms with Crippen molar-refractivity contribution >= 4 is 67.7 Å². The number of rotatable bonds is 5. The number of benzene rings is 1. The summed E-state index contributed by atoms with van der Waals surface area (Å²) in [5.41, 5.74) is 4.48. The number of halogens is 1. The predicted octanol–water partition coefficient (Wildman–Crippen LogP) is 6.95. The lowest BCUT2D eigenvalue weighted by molar-refractivity contribution is 0.417. The van der Waals surface area contributed by atoms with Crippen LogP contribution >= 0.6 is 51.9 Å². The second-order valence-corrected chi connectivity index (χ2v) is 8.46. The number of thiophene rings is 1. The number of hydrogen-bond donors (Lipinski definition) is 1. The van der Waals surface area contributed by atoms with Gasteiger partial charge in [0.1, 0.15) is 0 Å². The zero-order valence-electron chi connectivity index (χ0n) is 15.0. The van der Waals surface area contributed by atoms with Crippen molar-refractivity contribution in [3.63, 3.8) is 0 Å². The molecule has 0 atom stereocenters. The average molecular weight is 469 g/mol. The Balaban J connectivity index is 0.00000243. The topological polar surface area (TPSA) is 34.1 Å². The van der Waals surface area contributed by atoms with Crippen molar-refractivity contribution in [2.45, 2.75) is 26.7 Å². The molecule has 3 nitrogen and oxygen atoms in total. The Morgan fingerprint density at radius 2 is 2.00 bits per heavy atom. The average Bonchev–Trinajstić information content (AvgIpc) is 3.21. The van der Waals surface area contributed by atoms with Gasteiger partial charge in [0.25, 0.3) is 0 Å². The molecular formula is C19H21BrN2OS3. The van der Waals surface area contributed by atoms with Crippen molar-refractivity contribution in [1.82, 2.24) is 4.98 Å². The number of aryl methyl sites for hydroxylation is 1. The van der Waals surface area contributed by atoms with E-state index in [-0.39, 0.29) is 17.0 Å². The zero-order valence-corrected chi connectivity index (χ0v) is 19.2. The summed E-state index contributed by atoms with van der Waals surface area (Å²) in [5, 5.41) is 6.96. The van der Waals surface area contributed by atoms with Crippen LogP contribution in [-0.2, 0) is 4.74 Å². The van der Waals surface area contributed by atoms with Gasteiger partial charge >= 0.3 is 0 Å². The molecule has 0 amide bonds. The van der Waals surface area contributed by atoms with Gasteiger partial charge in [-0.1, -0.05) is 32.0 Å². The number of ether oxygens (including phenoxy) is 1. The van der Waals surface area contributed by atoms with Crippen LogP contribution in [0.25, 0.3) is 11.3 Å². The van der Waals surface area contributed by atoms with Gasteiger partial charge in [0, 0.05) is 21.5 Å². The van der Waals surface area contributed by atoms with E-state index >= 15 is 0 Å². The number of aromatic nitrogens is 1. The summed E-state index contributed by atoms with van der Waals surface area (Å²) in [7, 11) is 1.61. The van der Waals surface area contributed by atoms with Gasteiger partial charge in [-0.25, -0.2) is 4.98 Å². The Kier molecular flexibility index (Phi) is 7.34. The Bertz CT molecular complexity index is 902. The second-order valence-electron chi connectivity index (χ2n) is 5.98. The predicted molar refractivity (Wildman–Crippen MR) is 123 cm³/mol. The zero-order chi connectivity index (χ0) is 18.0. The van der Waals surface area contributed by atoms with Crippen LogP contribution in [-0.4, -0.2) is 17.1 Å². The SMILES string of the molecule is Br.COC(=S)c1cc(-c2csc(Nc3ccccc3C(C)C)n2)c(C)s1. The van der Waals surface area contributed by atoms with E-state index in [2.05, 4.69) is 55.7 Å². The Morgan fingerprint density at radius 1 is 1.27 bits per heavy atom. The van der Waals surface area contributed by atoms with Crippen LogP contribution in [0.4, 0.5) is 10.8 Å². The van der Waals surface area contributed by atoms with Crippen molar-refractivity contribution in [2.75, 3.05) is 12.4 Å². The van der Waals surface area contributed by atoms with Crippen LogP contribution in [0.3, 0.4) is 0 Å². The van der Waals surface area contributed by atoms with Crippen LogP contribution in [0.5, 0.6) is 0 Å². The van der Waals surface area contributed by atoms with Gasteiger partial charge in [-0.3, -0.25) is 0 Å². The van der Waals surface area contributed by atoms with Crippen molar-refractivity contribution in [3.8, 4) is 11.3 Å². The number of anilines is 2. The Morgan fingerprint density at radius 3 is 2.69 bits per heavy atom. The first-order valence-corrected chi connectivity index (χ1v) is 10.1. The fraction of sp³-hybridized carbons (Fsp3) is 0.263. The third kappa shape index (κ3) is 4.52. The standard InChI is InChI=1S/C19H20N2OS3.BrH/c1-11(2)13-7-5-6-8-15(13)20-19-21-16(10-24-19)14-9-17(18(23)22-4)25-12(14)3;/h5-11H,1-4H3,(H,20,21);1H. The van der Waals surface area contributed by atoms with Crippen molar-refractivity contribution in [3.05, 3.63) is 51.0 Å². The number of thiazole rings is 1. The summed E-state index contributed by atoms with van der Waals surface area (Å²) in [5.74, 6) is 0.458. The highest BCUT2D eigenvalue weighted by atomic mass is 79.9. The molecule has 0 aliphatic carbocycles. The first-order chi connectivity index (χ1) is 12.0. The highest BCUT2D eigenvalue weighted by Gasteiger charge is 2.15. The third-order valence-electron chi connectivity index (χ3n) is 3.91. The van der Waals surface area contributed by atoms with Gasteiger partial charge in [0.05, 0.1) is 17.7 Å². The molecule has 0 fully saturated rings. The minimum atomic E-state index is 0. The number of para-hydroxylation sites is 1. The quantitative estimate of drug-likeness (QED) is 0.410. The van der Waals surface area contributed by atoms with Gasteiger partial charge in [0.15, 0.2) is 5.13 Å². The normalized spacial score (nSPS) is 10.5. The largest absolute Gasteiger partial charge is 0.486 e. The van der Waals surface area contributed by atoms with E-state index in [4.69, 9.17) is 21.9 Å². The monoisotopic (exact) mass is 468 g/mol. The Labute approximate surface area is 178 Å². The molecule has 0 saturated heterocycles. The van der Waals surface area contributed by atoms with Crippen LogP contribution in [0, 0.1) is 6.92 Å². The fourth-order valence-corrected chi connectivity index (χ4v) is 4.48. The summed E-state index contributed by atoms with van der Waals surface area (Å²) in [4.78, 5) is 6.92. The van der Waals surface area contributed by atoms with Crippen LogP contribution < -0.4 is 5.32 Å². The maximum absolute atomic E-state index is 5.23. The van der Waals surface area contributed by atoms with Gasteiger partial charge in [-0.15, -0.1) is 39.7 Å². The summed E-state index contributed by atoms with van der Waals surface area (Å²) < 4.78 is 5.17. The molecule has 0 spiro atoms. The van der Waals surface area contributed by atoms with Crippen molar-refractivity contribution in [1.29, 1.82) is 0 Å². The van der Waals surface area contributed by atoms with Crippen molar-refractivity contribution < 1.29 is 4.74 Å². The highest BCUT2D eigenvalue weighted by Crippen LogP contribution is 2.35. The molecule has 3 aromatic rings. The molecule has 26 heavy (non-hydrogen) atoms. The molecule has 0 radical (unpaired) electrons. The van der Waals surface area contributed by atoms with E-state index in [1.165, 1.54) is 10.4 Å². The molecule has 1 aromatic carbocycles.